The molecule has 1 unspecified atom stereocenters. The van der Waals surface area contributed by atoms with Crippen molar-refractivity contribution in [1.82, 2.24) is 9.55 Å². The van der Waals surface area contributed by atoms with E-state index in [1.807, 2.05) is 6.07 Å². The topological polar surface area (TPSA) is 29.9 Å². The highest BCUT2D eigenvalue weighted by Crippen LogP contribution is 2.22. The lowest BCUT2D eigenvalue weighted by atomic mass is 10.2. The Morgan fingerprint density at radius 2 is 2.39 bits per heavy atom. The zero-order chi connectivity index (χ0) is 12.5. The quantitative estimate of drug-likeness (QED) is 0.863. The van der Waals surface area contributed by atoms with Crippen molar-refractivity contribution in [2.45, 2.75) is 31.9 Å². The van der Waals surface area contributed by atoms with E-state index in [4.69, 9.17) is 17.0 Å². The summed E-state index contributed by atoms with van der Waals surface area (Å²) in [5, 5.41) is 0. The molecule has 0 aliphatic carbocycles. The third kappa shape index (κ3) is 2.39. The number of fused-ring (bicyclic) bond motifs is 1. The number of nitrogens with zero attached hydrogens (tertiary/aromatic N) is 1. The standard InChI is InChI=1S/C13H15BrN2OS/c14-9-3-4-11-12(8-9)16(13(18)15-11)6-5-10-2-1-7-17-10/h3-4,8,10H,1-2,5-7H2,(H,15,18). The van der Waals surface area contributed by atoms with Gasteiger partial charge in [0.05, 0.1) is 17.1 Å². The molecule has 18 heavy (non-hydrogen) atoms. The molecule has 0 spiro atoms. The molecule has 2 aromatic rings. The smallest absolute Gasteiger partial charge is 0.178 e. The number of rotatable bonds is 3. The van der Waals surface area contributed by atoms with Crippen molar-refractivity contribution < 1.29 is 4.74 Å². The minimum atomic E-state index is 0.406. The summed E-state index contributed by atoms with van der Waals surface area (Å²) >= 11 is 8.89. The van der Waals surface area contributed by atoms with E-state index in [0.717, 1.165) is 39.8 Å². The number of H-pyrrole nitrogens is 1. The second-order valence-electron chi connectivity index (χ2n) is 4.67. The van der Waals surface area contributed by atoms with E-state index >= 15 is 0 Å². The van der Waals surface area contributed by atoms with Gasteiger partial charge in [-0.05, 0) is 49.7 Å². The van der Waals surface area contributed by atoms with Crippen molar-refractivity contribution in [3.8, 4) is 0 Å². The third-order valence-corrected chi connectivity index (χ3v) is 4.25. The van der Waals surface area contributed by atoms with Crippen molar-refractivity contribution in [1.29, 1.82) is 0 Å². The average molecular weight is 327 g/mol. The molecule has 1 aliphatic rings. The molecule has 1 atom stereocenters. The Kier molecular flexibility index (Phi) is 3.54. The van der Waals surface area contributed by atoms with Crippen molar-refractivity contribution in [3.63, 3.8) is 0 Å². The van der Waals surface area contributed by atoms with Gasteiger partial charge in [0.15, 0.2) is 4.77 Å². The largest absolute Gasteiger partial charge is 0.378 e. The van der Waals surface area contributed by atoms with Crippen LogP contribution in [0.2, 0.25) is 0 Å². The number of halogens is 1. The normalized spacial score (nSPS) is 19.7. The summed E-state index contributed by atoms with van der Waals surface area (Å²) in [6.45, 7) is 1.83. The van der Waals surface area contributed by atoms with E-state index in [9.17, 15) is 0 Å². The number of imidazole rings is 1. The average Bonchev–Trinajstić information content (AvgIpc) is 2.94. The Hall–Kier alpha value is -0.650. The molecule has 2 heterocycles. The molecule has 1 aliphatic heterocycles. The van der Waals surface area contributed by atoms with E-state index in [0.29, 0.717) is 6.10 Å². The molecule has 5 heteroatoms. The van der Waals surface area contributed by atoms with Gasteiger partial charge in [0.2, 0.25) is 0 Å². The molecule has 3 rings (SSSR count). The lowest BCUT2D eigenvalue weighted by Gasteiger charge is -2.10. The number of aromatic amines is 1. The molecule has 1 saturated heterocycles. The first kappa shape index (κ1) is 12.4. The second kappa shape index (κ2) is 5.15. The van der Waals surface area contributed by atoms with Crippen LogP contribution in [0.1, 0.15) is 19.3 Å². The Morgan fingerprint density at radius 3 is 3.17 bits per heavy atom. The Labute approximate surface area is 119 Å². The lowest BCUT2D eigenvalue weighted by Crippen LogP contribution is -2.10. The van der Waals surface area contributed by atoms with Crippen LogP contribution in [0.25, 0.3) is 11.0 Å². The van der Waals surface area contributed by atoms with E-state index in [2.05, 4.69) is 37.6 Å². The zero-order valence-corrected chi connectivity index (χ0v) is 12.4. The van der Waals surface area contributed by atoms with Crippen LogP contribution in [0.15, 0.2) is 22.7 Å². The van der Waals surface area contributed by atoms with E-state index in [-0.39, 0.29) is 0 Å². The van der Waals surface area contributed by atoms with Crippen LogP contribution in [0.4, 0.5) is 0 Å². The van der Waals surface area contributed by atoms with Gasteiger partial charge in [-0.3, -0.25) is 0 Å². The fourth-order valence-corrected chi connectivity index (χ4v) is 3.14. The third-order valence-electron chi connectivity index (χ3n) is 3.44. The maximum Gasteiger partial charge on any atom is 0.178 e. The zero-order valence-electron chi connectivity index (χ0n) is 9.99. The number of aryl methyl sites for hydroxylation is 1. The second-order valence-corrected chi connectivity index (χ2v) is 5.97. The summed E-state index contributed by atoms with van der Waals surface area (Å²) in [6.07, 6.45) is 3.81. The number of hydrogen-bond acceptors (Lipinski definition) is 2. The fraction of sp³-hybridized carbons (Fsp3) is 0.462. The number of ether oxygens (including phenoxy) is 1. The van der Waals surface area contributed by atoms with Gasteiger partial charge >= 0.3 is 0 Å². The summed E-state index contributed by atoms with van der Waals surface area (Å²) in [4.78, 5) is 3.25. The maximum absolute atomic E-state index is 5.66. The highest BCUT2D eigenvalue weighted by molar-refractivity contribution is 9.10. The van der Waals surface area contributed by atoms with E-state index in [1.165, 1.54) is 12.8 Å². The molecule has 96 valence electrons. The highest BCUT2D eigenvalue weighted by Gasteiger charge is 2.16. The first-order valence-electron chi connectivity index (χ1n) is 6.24. The van der Waals surface area contributed by atoms with Gasteiger partial charge < -0.3 is 14.3 Å². The summed E-state index contributed by atoms with van der Waals surface area (Å²) in [5.74, 6) is 0. The summed E-state index contributed by atoms with van der Waals surface area (Å²) in [5.41, 5.74) is 2.25. The maximum atomic E-state index is 5.66. The molecule has 3 nitrogen and oxygen atoms in total. The van der Waals surface area contributed by atoms with E-state index in [1.54, 1.807) is 0 Å². The molecule has 1 fully saturated rings. The monoisotopic (exact) mass is 326 g/mol. The molecule has 0 radical (unpaired) electrons. The minimum absolute atomic E-state index is 0.406. The van der Waals surface area contributed by atoms with Gasteiger partial charge in [-0.2, -0.15) is 0 Å². The molecule has 1 aromatic heterocycles. The van der Waals surface area contributed by atoms with Crippen LogP contribution >= 0.6 is 28.1 Å². The Balaban J connectivity index is 1.87. The van der Waals surface area contributed by atoms with Gasteiger partial charge in [-0.1, -0.05) is 15.9 Å². The molecular formula is C13H15BrN2OS. The number of nitrogens with one attached hydrogen (secondary N) is 1. The van der Waals surface area contributed by atoms with Crippen molar-refractivity contribution in [3.05, 3.63) is 27.4 Å². The van der Waals surface area contributed by atoms with Crippen molar-refractivity contribution in [2.24, 2.45) is 0 Å². The van der Waals surface area contributed by atoms with E-state index < -0.39 is 0 Å². The SMILES string of the molecule is S=c1[nH]c2ccc(Br)cc2n1CCC1CCCO1. The van der Waals surface area contributed by atoms with Crippen LogP contribution in [0, 0.1) is 4.77 Å². The van der Waals surface area contributed by atoms with Crippen molar-refractivity contribution in [2.75, 3.05) is 6.61 Å². The molecule has 0 saturated carbocycles. The van der Waals surface area contributed by atoms with Gasteiger partial charge in [-0.15, -0.1) is 0 Å². The predicted octanol–water partition coefficient (Wildman–Crippen LogP) is 4.03. The first-order valence-corrected chi connectivity index (χ1v) is 7.44. The molecular weight excluding hydrogens is 312 g/mol. The number of hydrogen-bond donors (Lipinski definition) is 1. The summed E-state index contributed by atoms with van der Waals surface area (Å²) in [7, 11) is 0. The molecule has 1 aromatic carbocycles. The van der Waals surface area contributed by atoms with Crippen LogP contribution in [0.3, 0.4) is 0 Å². The van der Waals surface area contributed by atoms with Crippen LogP contribution < -0.4 is 0 Å². The van der Waals surface area contributed by atoms with Crippen LogP contribution in [-0.4, -0.2) is 22.3 Å². The van der Waals surface area contributed by atoms with Crippen molar-refractivity contribution >= 4 is 39.2 Å². The lowest BCUT2D eigenvalue weighted by molar-refractivity contribution is 0.101. The Bertz CT molecular complexity index is 613. The number of benzene rings is 1. The molecule has 0 bridgehead atoms. The van der Waals surface area contributed by atoms with Gasteiger partial charge in [0, 0.05) is 17.6 Å². The van der Waals surface area contributed by atoms with Gasteiger partial charge in [0.25, 0.3) is 0 Å². The van der Waals surface area contributed by atoms with Crippen LogP contribution in [0.5, 0.6) is 0 Å². The molecule has 0 amide bonds. The van der Waals surface area contributed by atoms with Gasteiger partial charge in [-0.25, -0.2) is 0 Å². The highest BCUT2D eigenvalue weighted by atomic mass is 79.9. The fourth-order valence-electron chi connectivity index (χ4n) is 2.49. The Morgan fingerprint density at radius 1 is 1.50 bits per heavy atom. The molecule has 1 N–H and O–H groups in total. The van der Waals surface area contributed by atoms with Gasteiger partial charge in [0.1, 0.15) is 0 Å². The predicted molar refractivity (Wildman–Crippen MR) is 78.4 cm³/mol. The summed E-state index contributed by atoms with van der Waals surface area (Å²) < 4.78 is 9.70. The minimum Gasteiger partial charge on any atom is -0.378 e. The first-order chi connectivity index (χ1) is 8.74. The number of aromatic nitrogens is 2. The van der Waals surface area contributed by atoms with Crippen LogP contribution in [-0.2, 0) is 11.3 Å². The summed E-state index contributed by atoms with van der Waals surface area (Å²) in [6, 6.07) is 6.19.